The van der Waals surface area contributed by atoms with Gasteiger partial charge in [-0.25, -0.2) is 0 Å². The van der Waals surface area contributed by atoms with Crippen LogP contribution in [0.25, 0.3) is 0 Å². The van der Waals surface area contributed by atoms with Crippen LogP contribution in [0, 0.1) is 20.8 Å². The van der Waals surface area contributed by atoms with Crippen LogP contribution in [0.3, 0.4) is 0 Å². The van der Waals surface area contributed by atoms with Gasteiger partial charge in [-0.3, -0.25) is 4.79 Å². The maximum absolute atomic E-state index is 12.3. The number of amides is 1. The monoisotopic (exact) mass is 395 g/mol. The summed E-state index contributed by atoms with van der Waals surface area (Å²) in [6.45, 7) is 5.95. The molecule has 0 aromatic heterocycles. The van der Waals surface area contributed by atoms with Gasteiger partial charge in [-0.05, 0) is 67.8 Å². The van der Waals surface area contributed by atoms with E-state index in [1.165, 1.54) is 0 Å². The van der Waals surface area contributed by atoms with E-state index in [4.69, 9.17) is 0 Å². The number of benzene rings is 2. The minimum Gasteiger partial charge on any atom is -0.322 e. The lowest BCUT2D eigenvalue weighted by atomic mass is 10.1. The summed E-state index contributed by atoms with van der Waals surface area (Å²) in [7, 11) is 0. The molecule has 0 saturated carbocycles. The van der Waals surface area contributed by atoms with Crippen molar-refractivity contribution in [2.24, 2.45) is 0 Å². The molecular formula is C16H15Br2NO. The predicted molar refractivity (Wildman–Crippen MR) is 90.4 cm³/mol. The lowest BCUT2D eigenvalue weighted by Gasteiger charge is -2.11. The van der Waals surface area contributed by atoms with Gasteiger partial charge in [0, 0.05) is 20.2 Å². The summed E-state index contributed by atoms with van der Waals surface area (Å²) in [6, 6.07) is 9.56. The molecule has 0 unspecified atom stereocenters. The van der Waals surface area contributed by atoms with E-state index in [2.05, 4.69) is 37.2 Å². The Labute approximate surface area is 135 Å². The second-order valence-corrected chi connectivity index (χ2v) is 6.55. The third-order valence-corrected chi connectivity index (χ3v) is 4.87. The number of hydrogen-bond acceptors (Lipinski definition) is 1. The van der Waals surface area contributed by atoms with Crippen molar-refractivity contribution in [3.05, 3.63) is 61.5 Å². The molecule has 20 heavy (non-hydrogen) atoms. The Morgan fingerprint density at radius 1 is 0.950 bits per heavy atom. The Balaban J connectivity index is 2.28. The Hall–Kier alpha value is -1.13. The molecule has 1 N–H and O–H groups in total. The maximum Gasteiger partial charge on any atom is 0.255 e. The molecule has 0 fully saturated rings. The molecule has 2 rings (SSSR count). The van der Waals surface area contributed by atoms with Crippen molar-refractivity contribution in [2.45, 2.75) is 20.8 Å². The summed E-state index contributed by atoms with van der Waals surface area (Å²) in [6.07, 6.45) is 0. The quantitative estimate of drug-likeness (QED) is 0.724. The average molecular weight is 397 g/mol. The predicted octanol–water partition coefficient (Wildman–Crippen LogP) is 5.39. The number of rotatable bonds is 2. The van der Waals surface area contributed by atoms with Crippen molar-refractivity contribution < 1.29 is 4.79 Å². The van der Waals surface area contributed by atoms with Crippen LogP contribution < -0.4 is 5.32 Å². The summed E-state index contributed by atoms with van der Waals surface area (Å²) in [5, 5.41) is 2.95. The molecule has 4 heteroatoms. The second kappa shape index (κ2) is 6.10. The molecule has 0 saturated heterocycles. The van der Waals surface area contributed by atoms with Crippen molar-refractivity contribution in [1.82, 2.24) is 0 Å². The van der Waals surface area contributed by atoms with Gasteiger partial charge in [0.2, 0.25) is 0 Å². The number of nitrogens with one attached hydrogen (secondary N) is 1. The standard InChI is InChI=1S/C16H15Br2NO/c1-9-6-12(17)4-5-14(9)16(20)19-13-7-10(2)15(18)11(3)8-13/h4-8H,1-3H3,(H,19,20). The molecule has 0 aliphatic rings. The van der Waals surface area contributed by atoms with E-state index in [1.807, 2.05) is 51.1 Å². The van der Waals surface area contributed by atoms with Crippen molar-refractivity contribution in [1.29, 1.82) is 0 Å². The van der Waals surface area contributed by atoms with Gasteiger partial charge >= 0.3 is 0 Å². The van der Waals surface area contributed by atoms with Crippen LogP contribution in [0.15, 0.2) is 39.3 Å². The van der Waals surface area contributed by atoms with Crippen molar-refractivity contribution in [2.75, 3.05) is 5.32 Å². The van der Waals surface area contributed by atoms with Crippen molar-refractivity contribution >= 4 is 43.5 Å². The van der Waals surface area contributed by atoms with Crippen LogP contribution in [-0.4, -0.2) is 5.91 Å². The van der Waals surface area contributed by atoms with E-state index in [9.17, 15) is 4.79 Å². The van der Waals surface area contributed by atoms with Gasteiger partial charge in [-0.15, -0.1) is 0 Å². The van der Waals surface area contributed by atoms with E-state index in [0.29, 0.717) is 5.56 Å². The number of anilines is 1. The molecule has 0 heterocycles. The van der Waals surface area contributed by atoms with Gasteiger partial charge in [0.05, 0.1) is 0 Å². The fourth-order valence-electron chi connectivity index (χ4n) is 2.10. The molecule has 0 spiro atoms. The van der Waals surface area contributed by atoms with Crippen LogP contribution in [-0.2, 0) is 0 Å². The second-order valence-electron chi connectivity index (χ2n) is 4.84. The Morgan fingerprint density at radius 2 is 1.55 bits per heavy atom. The molecule has 0 radical (unpaired) electrons. The van der Waals surface area contributed by atoms with Crippen molar-refractivity contribution in [3.63, 3.8) is 0 Å². The van der Waals surface area contributed by atoms with Crippen LogP contribution >= 0.6 is 31.9 Å². The minimum atomic E-state index is -0.0869. The van der Waals surface area contributed by atoms with Crippen LogP contribution in [0.5, 0.6) is 0 Å². The molecular weight excluding hydrogens is 382 g/mol. The highest BCUT2D eigenvalue weighted by Crippen LogP contribution is 2.25. The third-order valence-electron chi connectivity index (χ3n) is 3.13. The smallest absolute Gasteiger partial charge is 0.255 e. The molecule has 0 aliphatic carbocycles. The van der Waals surface area contributed by atoms with Gasteiger partial charge in [0.1, 0.15) is 0 Å². The van der Waals surface area contributed by atoms with Crippen LogP contribution in [0.1, 0.15) is 27.0 Å². The van der Waals surface area contributed by atoms with Crippen LogP contribution in [0.2, 0.25) is 0 Å². The fraction of sp³-hybridized carbons (Fsp3) is 0.188. The molecule has 0 bridgehead atoms. The number of carbonyl (C=O) groups is 1. The van der Waals surface area contributed by atoms with Crippen molar-refractivity contribution in [3.8, 4) is 0 Å². The van der Waals surface area contributed by atoms with Gasteiger partial charge < -0.3 is 5.32 Å². The molecule has 2 nitrogen and oxygen atoms in total. The number of halogens is 2. The molecule has 2 aromatic carbocycles. The third kappa shape index (κ3) is 3.30. The van der Waals surface area contributed by atoms with E-state index in [-0.39, 0.29) is 5.91 Å². The van der Waals surface area contributed by atoms with E-state index < -0.39 is 0 Å². The van der Waals surface area contributed by atoms with E-state index in [0.717, 1.165) is 31.3 Å². The number of carbonyl (C=O) groups excluding carboxylic acids is 1. The molecule has 0 aliphatic heterocycles. The Morgan fingerprint density at radius 3 is 2.10 bits per heavy atom. The topological polar surface area (TPSA) is 29.1 Å². The highest BCUT2D eigenvalue weighted by Gasteiger charge is 2.11. The first kappa shape index (κ1) is 15.3. The van der Waals surface area contributed by atoms with Gasteiger partial charge in [0.15, 0.2) is 0 Å². The van der Waals surface area contributed by atoms with Gasteiger partial charge in [-0.1, -0.05) is 31.9 Å². The summed E-state index contributed by atoms with van der Waals surface area (Å²) in [5.41, 5.74) is 4.66. The first-order valence-electron chi connectivity index (χ1n) is 6.22. The zero-order valence-electron chi connectivity index (χ0n) is 11.6. The largest absolute Gasteiger partial charge is 0.322 e. The summed E-state index contributed by atoms with van der Waals surface area (Å²) >= 11 is 6.93. The summed E-state index contributed by atoms with van der Waals surface area (Å²) in [5.74, 6) is -0.0869. The summed E-state index contributed by atoms with van der Waals surface area (Å²) < 4.78 is 2.05. The summed E-state index contributed by atoms with van der Waals surface area (Å²) in [4.78, 5) is 12.3. The SMILES string of the molecule is Cc1cc(Br)ccc1C(=O)Nc1cc(C)c(Br)c(C)c1. The lowest BCUT2D eigenvalue weighted by Crippen LogP contribution is -2.13. The number of aryl methyl sites for hydroxylation is 3. The lowest BCUT2D eigenvalue weighted by molar-refractivity contribution is 0.102. The highest BCUT2D eigenvalue weighted by atomic mass is 79.9. The zero-order valence-corrected chi connectivity index (χ0v) is 14.7. The van der Waals surface area contributed by atoms with Gasteiger partial charge in [-0.2, -0.15) is 0 Å². The zero-order chi connectivity index (χ0) is 14.9. The highest BCUT2D eigenvalue weighted by molar-refractivity contribution is 9.10. The van der Waals surface area contributed by atoms with Crippen LogP contribution in [0.4, 0.5) is 5.69 Å². The first-order valence-corrected chi connectivity index (χ1v) is 7.81. The van der Waals surface area contributed by atoms with E-state index in [1.54, 1.807) is 0 Å². The number of hydrogen-bond donors (Lipinski definition) is 1. The fourth-order valence-corrected chi connectivity index (χ4v) is 2.80. The molecule has 2 aromatic rings. The Bertz CT molecular complexity index is 657. The van der Waals surface area contributed by atoms with Gasteiger partial charge in [0.25, 0.3) is 5.91 Å². The average Bonchev–Trinajstić information content (AvgIpc) is 2.35. The first-order chi connectivity index (χ1) is 9.38. The molecule has 1 amide bonds. The van der Waals surface area contributed by atoms with E-state index >= 15 is 0 Å². The maximum atomic E-state index is 12.3. The molecule has 104 valence electrons. The minimum absolute atomic E-state index is 0.0869. The Kier molecular flexibility index (Phi) is 4.66. The molecule has 0 atom stereocenters. The normalized spacial score (nSPS) is 10.4.